The van der Waals surface area contributed by atoms with Crippen molar-refractivity contribution in [3.63, 3.8) is 0 Å². The quantitative estimate of drug-likeness (QED) is 0.878. The number of ether oxygens (including phenoxy) is 1. The largest absolute Gasteiger partial charge is 0.487 e. The Bertz CT molecular complexity index is 740. The standard InChI is InChI=1S/C15H9BrClNO3/c16-13-5-9(15(19)20)1-2-11(13)8-21-14-6-12(17)4-3-10(14)7-18/h1-6H,8H2,(H,19,20). The van der Waals surface area contributed by atoms with Crippen LogP contribution in [0.15, 0.2) is 40.9 Å². The van der Waals surface area contributed by atoms with E-state index >= 15 is 0 Å². The SMILES string of the molecule is N#Cc1ccc(Cl)cc1OCc1ccc(C(=O)O)cc1Br. The van der Waals surface area contributed by atoms with E-state index < -0.39 is 5.97 Å². The molecule has 0 amide bonds. The maximum atomic E-state index is 10.9. The van der Waals surface area contributed by atoms with Crippen LogP contribution in [0.4, 0.5) is 0 Å². The molecule has 0 saturated carbocycles. The average Bonchev–Trinajstić information content (AvgIpc) is 2.46. The van der Waals surface area contributed by atoms with Gasteiger partial charge in [-0.2, -0.15) is 5.26 Å². The molecule has 0 bridgehead atoms. The molecule has 0 spiro atoms. The fourth-order valence-electron chi connectivity index (χ4n) is 1.66. The van der Waals surface area contributed by atoms with E-state index in [-0.39, 0.29) is 12.2 Å². The van der Waals surface area contributed by atoms with E-state index in [0.29, 0.717) is 20.8 Å². The van der Waals surface area contributed by atoms with Crippen molar-refractivity contribution < 1.29 is 14.6 Å². The van der Waals surface area contributed by atoms with Gasteiger partial charge in [0, 0.05) is 21.1 Å². The Hall–Kier alpha value is -2.03. The second kappa shape index (κ2) is 6.61. The van der Waals surface area contributed by atoms with E-state index in [9.17, 15) is 4.79 Å². The molecule has 0 radical (unpaired) electrons. The predicted octanol–water partition coefficient (Wildman–Crippen LogP) is 4.25. The molecule has 6 heteroatoms. The smallest absolute Gasteiger partial charge is 0.335 e. The first-order valence-corrected chi connectivity index (χ1v) is 7.02. The van der Waals surface area contributed by atoms with E-state index in [4.69, 9.17) is 26.7 Å². The number of carboxylic acid groups (broad SMARTS) is 1. The van der Waals surface area contributed by atoms with Crippen LogP contribution in [0.5, 0.6) is 5.75 Å². The van der Waals surface area contributed by atoms with Crippen LogP contribution in [0.3, 0.4) is 0 Å². The highest BCUT2D eigenvalue weighted by Crippen LogP contribution is 2.25. The topological polar surface area (TPSA) is 70.3 Å². The Morgan fingerprint density at radius 3 is 2.71 bits per heavy atom. The molecule has 0 heterocycles. The molecule has 0 aliphatic carbocycles. The van der Waals surface area contributed by atoms with Gasteiger partial charge in [-0.05, 0) is 24.3 Å². The van der Waals surface area contributed by atoms with E-state index in [1.54, 1.807) is 24.3 Å². The van der Waals surface area contributed by atoms with Crippen molar-refractivity contribution >= 4 is 33.5 Å². The van der Waals surface area contributed by atoms with Gasteiger partial charge in [-0.25, -0.2) is 4.79 Å². The van der Waals surface area contributed by atoms with Gasteiger partial charge in [0.15, 0.2) is 0 Å². The third-order valence-corrected chi connectivity index (χ3v) is 3.72. The molecule has 0 aromatic heterocycles. The van der Waals surface area contributed by atoms with Gasteiger partial charge in [-0.3, -0.25) is 0 Å². The van der Waals surface area contributed by atoms with Gasteiger partial charge in [0.2, 0.25) is 0 Å². The molecular weight excluding hydrogens is 358 g/mol. The van der Waals surface area contributed by atoms with Gasteiger partial charge in [0.25, 0.3) is 0 Å². The average molecular weight is 367 g/mol. The highest BCUT2D eigenvalue weighted by atomic mass is 79.9. The van der Waals surface area contributed by atoms with Crippen molar-refractivity contribution in [2.24, 2.45) is 0 Å². The minimum Gasteiger partial charge on any atom is -0.487 e. The van der Waals surface area contributed by atoms with E-state index in [1.165, 1.54) is 12.1 Å². The summed E-state index contributed by atoms with van der Waals surface area (Å²) in [6.45, 7) is 0.190. The molecule has 2 aromatic carbocycles. The van der Waals surface area contributed by atoms with Crippen LogP contribution >= 0.6 is 27.5 Å². The summed E-state index contributed by atoms with van der Waals surface area (Å²) >= 11 is 9.18. The van der Waals surface area contributed by atoms with Gasteiger partial charge >= 0.3 is 5.97 Å². The lowest BCUT2D eigenvalue weighted by atomic mass is 10.1. The van der Waals surface area contributed by atoms with Crippen molar-refractivity contribution in [3.8, 4) is 11.8 Å². The Labute approximate surface area is 134 Å². The Morgan fingerprint density at radius 2 is 2.10 bits per heavy atom. The second-order valence-corrected chi connectivity index (χ2v) is 5.44. The van der Waals surface area contributed by atoms with Crippen molar-refractivity contribution in [2.45, 2.75) is 6.61 Å². The number of rotatable bonds is 4. The number of benzene rings is 2. The van der Waals surface area contributed by atoms with Gasteiger partial charge < -0.3 is 9.84 Å². The monoisotopic (exact) mass is 365 g/mol. The number of hydrogen-bond acceptors (Lipinski definition) is 3. The first-order valence-electron chi connectivity index (χ1n) is 5.85. The highest BCUT2D eigenvalue weighted by Gasteiger charge is 2.09. The van der Waals surface area contributed by atoms with Crippen LogP contribution < -0.4 is 4.74 Å². The van der Waals surface area contributed by atoms with Gasteiger partial charge in [-0.15, -0.1) is 0 Å². The van der Waals surface area contributed by atoms with Crippen LogP contribution in [0.1, 0.15) is 21.5 Å². The zero-order valence-corrected chi connectivity index (χ0v) is 13.0. The molecule has 2 rings (SSSR count). The van der Waals surface area contributed by atoms with Gasteiger partial charge in [-0.1, -0.05) is 33.6 Å². The fourth-order valence-corrected chi connectivity index (χ4v) is 2.32. The summed E-state index contributed by atoms with van der Waals surface area (Å²) in [5.41, 5.74) is 1.34. The summed E-state index contributed by atoms with van der Waals surface area (Å²) in [5.74, 6) is -0.607. The number of carboxylic acids is 1. The summed E-state index contributed by atoms with van der Waals surface area (Å²) in [5, 5.41) is 18.4. The van der Waals surface area contributed by atoms with Crippen LogP contribution in [0.25, 0.3) is 0 Å². The molecule has 2 aromatic rings. The molecule has 0 aliphatic rings. The van der Waals surface area contributed by atoms with Crippen LogP contribution in [-0.4, -0.2) is 11.1 Å². The predicted molar refractivity (Wildman–Crippen MR) is 81.6 cm³/mol. The Kier molecular flexibility index (Phi) is 4.84. The third-order valence-electron chi connectivity index (χ3n) is 2.75. The van der Waals surface area contributed by atoms with Crippen molar-refractivity contribution in [3.05, 3.63) is 62.6 Å². The highest BCUT2D eigenvalue weighted by molar-refractivity contribution is 9.10. The first kappa shape index (κ1) is 15.4. The van der Waals surface area contributed by atoms with Crippen molar-refractivity contribution in [1.29, 1.82) is 5.26 Å². The molecule has 21 heavy (non-hydrogen) atoms. The molecule has 106 valence electrons. The van der Waals surface area contributed by atoms with E-state index in [1.807, 2.05) is 6.07 Å². The minimum atomic E-state index is -0.996. The summed E-state index contributed by atoms with van der Waals surface area (Å²) in [6, 6.07) is 11.4. The van der Waals surface area contributed by atoms with Crippen LogP contribution in [-0.2, 0) is 6.61 Å². The number of nitriles is 1. The lowest BCUT2D eigenvalue weighted by molar-refractivity contribution is 0.0696. The molecular formula is C15H9BrClNO3. The number of nitrogens with zero attached hydrogens (tertiary/aromatic N) is 1. The van der Waals surface area contributed by atoms with Gasteiger partial charge in [0.1, 0.15) is 18.4 Å². The number of carbonyl (C=O) groups is 1. The van der Waals surface area contributed by atoms with Crippen molar-refractivity contribution in [1.82, 2.24) is 0 Å². The molecule has 4 nitrogen and oxygen atoms in total. The van der Waals surface area contributed by atoms with Crippen LogP contribution in [0.2, 0.25) is 5.02 Å². The van der Waals surface area contributed by atoms with Crippen LogP contribution in [0, 0.1) is 11.3 Å². The molecule has 0 saturated heterocycles. The number of aromatic carboxylic acids is 1. The molecule has 0 unspecified atom stereocenters. The summed E-state index contributed by atoms with van der Waals surface area (Å²) in [4.78, 5) is 10.9. The zero-order chi connectivity index (χ0) is 15.4. The summed E-state index contributed by atoms with van der Waals surface area (Å²) in [6.07, 6.45) is 0. The number of halogens is 2. The van der Waals surface area contributed by atoms with Crippen molar-refractivity contribution in [2.75, 3.05) is 0 Å². The second-order valence-electron chi connectivity index (χ2n) is 4.15. The lowest BCUT2D eigenvalue weighted by Crippen LogP contribution is -2.01. The Balaban J connectivity index is 2.19. The molecule has 0 fully saturated rings. The summed E-state index contributed by atoms with van der Waals surface area (Å²) in [7, 11) is 0. The molecule has 0 atom stereocenters. The maximum absolute atomic E-state index is 10.9. The molecule has 0 aliphatic heterocycles. The maximum Gasteiger partial charge on any atom is 0.335 e. The first-order chi connectivity index (χ1) is 10.0. The van der Waals surface area contributed by atoms with Gasteiger partial charge in [0.05, 0.1) is 11.1 Å². The fraction of sp³-hybridized carbons (Fsp3) is 0.0667. The minimum absolute atomic E-state index is 0.186. The summed E-state index contributed by atoms with van der Waals surface area (Å²) < 4.78 is 6.22. The molecule has 1 N–H and O–H groups in total. The lowest BCUT2D eigenvalue weighted by Gasteiger charge is -2.10. The zero-order valence-electron chi connectivity index (χ0n) is 10.6. The third kappa shape index (κ3) is 3.75. The normalized spacial score (nSPS) is 9.95. The van der Waals surface area contributed by atoms with E-state index in [0.717, 1.165) is 5.56 Å². The Morgan fingerprint density at radius 1 is 1.33 bits per heavy atom. The number of hydrogen-bond donors (Lipinski definition) is 1. The van der Waals surface area contributed by atoms with E-state index in [2.05, 4.69) is 15.9 Å².